The lowest BCUT2D eigenvalue weighted by atomic mass is 9.97. The van der Waals surface area contributed by atoms with E-state index in [1.165, 1.54) is 0 Å². The monoisotopic (exact) mass is 331 g/mol. The molecular weight excluding hydrogens is 310 g/mol. The van der Waals surface area contributed by atoms with Gasteiger partial charge in [0, 0.05) is 32.2 Å². The zero-order valence-electron chi connectivity index (χ0n) is 13.8. The molecule has 8 nitrogen and oxygen atoms in total. The fraction of sp³-hybridized carbons (Fsp3) is 0.625. The van der Waals surface area contributed by atoms with Crippen molar-refractivity contribution in [2.45, 2.75) is 38.8 Å². The summed E-state index contributed by atoms with van der Waals surface area (Å²) in [7, 11) is 1.60. The number of ether oxygens (including phenoxy) is 1. The second-order valence-electron chi connectivity index (χ2n) is 6.54. The van der Waals surface area contributed by atoms with Crippen molar-refractivity contribution in [3.8, 4) is 0 Å². The predicted molar refractivity (Wildman–Crippen MR) is 85.9 cm³/mol. The largest absolute Gasteiger partial charge is 0.377 e. The van der Waals surface area contributed by atoms with Gasteiger partial charge >= 0.3 is 6.01 Å². The fourth-order valence-corrected chi connectivity index (χ4v) is 3.38. The second kappa shape index (κ2) is 6.35. The summed E-state index contributed by atoms with van der Waals surface area (Å²) in [4.78, 5) is 18.5. The van der Waals surface area contributed by atoms with Crippen molar-refractivity contribution in [3.05, 3.63) is 33.5 Å². The van der Waals surface area contributed by atoms with Crippen molar-refractivity contribution in [1.82, 2.24) is 19.9 Å². The quantitative estimate of drug-likeness (QED) is 0.800. The minimum absolute atomic E-state index is 0.00858. The van der Waals surface area contributed by atoms with Crippen LogP contribution in [-0.2, 0) is 30.7 Å². The Balaban J connectivity index is 1.38. The highest BCUT2D eigenvalue weighted by Crippen LogP contribution is 2.24. The van der Waals surface area contributed by atoms with E-state index in [0.29, 0.717) is 30.9 Å². The molecule has 0 spiro atoms. The SMILES string of the molecule is COCc1noc(N2CC(Cn3nc4c(cc3=O)CCCC4)C2)n1. The molecule has 2 aromatic heterocycles. The molecule has 1 aliphatic carbocycles. The Morgan fingerprint density at radius 1 is 1.33 bits per heavy atom. The molecule has 2 aromatic rings. The Bertz CT molecular complexity index is 778. The number of aromatic nitrogens is 4. The number of aryl methyl sites for hydroxylation is 2. The molecule has 8 heteroatoms. The molecule has 1 saturated heterocycles. The molecule has 0 radical (unpaired) electrons. The molecule has 0 N–H and O–H groups in total. The zero-order chi connectivity index (χ0) is 16.5. The molecular formula is C16H21N5O3. The van der Waals surface area contributed by atoms with Gasteiger partial charge in [-0.15, -0.1) is 0 Å². The molecule has 1 fully saturated rings. The summed E-state index contributed by atoms with van der Waals surface area (Å²) < 4.78 is 11.8. The molecule has 0 amide bonds. The molecule has 0 atom stereocenters. The smallest absolute Gasteiger partial charge is 0.324 e. The van der Waals surface area contributed by atoms with Crippen molar-refractivity contribution in [1.29, 1.82) is 0 Å². The van der Waals surface area contributed by atoms with E-state index in [1.54, 1.807) is 17.9 Å². The first kappa shape index (κ1) is 15.3. The lowest BCUT2D eigenvalue weighted by Gasteiger charge is -2.37. The molecule has 1 aliphatic heterocycles. The van der Waals surface area contributed by atoms with Gasteiger partial charge in [0.2, 0.25) is 0 Å². The number of hydrogen-bond acceptors (Lipinski definition) is 7. The van der Waals surface area contributed by atoms with E-state index in [9.17, 15) is 4.79 Å². The van der Waals surface area contributed by atoms with Crippen LogP contribution in [0.4, 0.5) is 6.01 Å². The van der Waals surface area contributed by atoms with Crippen LogP contribution in [0.2, 0.25) is 0 Å². The third-order valence-electron chi connectivity index (χ3n) is 4.66. The molecule has 128 valence electrons. The van der Waals surface area contributed by atoms with Gasteiger partial charge < -0.3 is 14.2 Å². The first-order valence-electron chi connectivity index (χ1n) is 8.39. The predicted octanol–water partition coefficient (Wildman–Crippen LogP) is 0.788. The average Bonchev–Trinajstić information content (AvgIpc) is 2.99. The van der Waals surface area contributed by atoms with Crippen LogP contribution in [0.25, 0.3) is 0 Å². The van der Waals surface area contributed by atoms with E-state index >= 15 is 0 Å². The Hall–Kier alpha value is -2.22. The van der Waals surface area contributed by atoms with Crippen molar-refractivity contribution < 1.29 is 9.26 Å². The first-order valence-corrected chi connectivity index (χ1v) is 8.39. The summed E-state index contributed by atoms with van der Waals surface area (Å²) in [5.74, 6) is 0.915. The van der Waals surface area contributed by atoms with Gasteiger partial charge in [0.15, 0.2) is 5.82 Å². The van der Waals surface area contributed by atoms with Crippen LogP contribution >= 0.6 is 0 Å². The van der Waals surface area contributed by atoms with Gasteiger partial charge in [-0.25, -0.2) is 4.68 Å². The van der Waals surface area contributed by atoms with Crippen molar-refractivity contribution in [3.63, 3.8) is 0 Å². The molecule has 3 heterocycles. The molecule has 4 rings (SSSR count). The second-order valence-corrected chi connectivity index (χ2v) is 6.54. The number of nitrogens with zero attached hydrogens (tertiary/aromatic N) is 5. The average molecular weight is 331 g/mol. The van der Waals surface area contributed by atoms with Crippen LogP contribution in [0, 0.1) is 5.92 Å². The summed E-state index contributed by atoms with van der Waals surface area (Å²) >= 11 is 0. The van der Waals surface area contributed by atoms with Crippen molar-refractivity contribution in [2.75, 3.05) is 25.1 Å². The maximum Gasteiger partial charge on any atom is 0.324 e. The van der Waals surface area contributed by atoms with Crippen LogP contribution in [0.5, 0.6) is 0 Å². The molecule has 24 heavy (non-hydrogen) atoms. The van der Waals surface area contributed by atoms with E-state index < -0.39 is 0 Å². The minimum Gasteiger partial charge on any atom is -0.377 e. The topological polar surface area (TPSA) is 86.3 Å². The van der Waals surface area contributed by atoms with Crippen molar-refractivity contribution in [2.24, 2.45) is 5.92 Å². The van der Waals surface area contributed by atoms with Crippen LogP contribution in [0.1, 0.15) is 29.9 Å². The van der Waals surface area contributed by atoms with E-state index in [1.807, 2.05) is 4.90 Å². The van der Waals surface area contributed by atoms with Gasteiger partial charge in [-0.1, -0.05) is 5.16 Å². The normalized spacial score (nSPS) is 17.6. The van der Waals surface area contributed by atoms with Crippen LogP contribution < -0.4 is 10.5 Å². The number of methoxy groups -OCH3 is 1. The Morgan fingerprint density at radius 3 is 3.00 bits per heavy atom. The Kier molecular flexibility index (Phi) is 4.05. The van der Waals surface area contributed by atoms with Gasteiger partial charge in [-0.2, -0.15) is 10.1 Å². The summed E-state index contributed by atoms with van der Waals surface area (Å²) in [5, 5.41) is 8.44. The van der Waals surface area contributed by atoms with Gasteiger partial charge in [-0.3, -0.25) is 4.79 Å². The summed E-state index contributed by atoms with van der Waals surface area (Å²) in [6.07, 6.45) is 4.29. The van der Waals surface area contributed by atoms with E-state index in [4.69, 9.17) is 9.26 Å². The highest BCUT2D eigenvalue weighted by molar-refractivity contribution is 5.30. The highest BCUT2D eigenvalue weighted by Gasteiger charge is 2.31. The van der Waals surface area contributed by atoms with Gasteiger partial charge in [-0.05, 0) is 31.2 Å². The van der Waals surface area contributed by atoms with E-state index in [0.717, 1.165) is 50.0 Å². The lowest BCUT2D eigenvalue weighted by Crippen LogP contribution is -2.50. The summed E-state index contributed by atoms with van der Waals surface area (Å²) in [5.41, 5.74) is 2.24. The number of fused-ring (bicyclic) bond motifs is 1. The van der Waals surface area contributed by atoms with Crippen LogP contribution in [-0.4, -0.2) is 40.1 Å². The Labute approximate surface area is 139 Å². The lowest BCUT2D eigenvalue weighted by molar-refractivity contribution is 0.174. The number of rotatable bonds is 5. The zero-order valence-corrected chi connectivity index (χ0v) is 13.8. The molecule has 2 aliphatic rings. The van der Waals surface area contributed by atoms with Crippen molar-refractivity contribution >= 4 is 6.01 Å². The molecule has 0 unspecified atom stereocenters. The minimum atomic E-state index is 0.00858. The fourth-order valence-electron chi connectivity index (χ4n) is 3.38. The van der Waals surface area contributed by atoms with Crippen LogP contribution in [0.15, 0.2) is 15.4 Å². The number of hydrogen-bond donors (Lipinski definition) is 0. The highest BCUT2D eigenvalue weighted by atomic mass is 16.5. The summed E-state index contributed by atoms with van der Waals surface area (Å²) in [6.45, 7) is 2.57. The van der Waals surface area contributed by atoms with Gasteiger partial charge in [0.1, 0.15) is 6.61 Å². The third-order valence-corrected chi connectivity index (χ3v) is 4.66. The van der Waals surface area contributed by atoms with Crippen LogP contribution in [0.3, 0.4) is 0 Å². The maximum absolute atomic E-state index is 12.2. The van der Waals surface area contributed by atoms with Gasteiger partial charge in [0.25, 0.3) is 5.56 Å². The standard InChI is InChI=1S/C16H21N5O3/c1-23-10-14-17-16(24-19-14)20-7-11(8-20)9-21-15(22)6-12-4-2-3-5-13(12)18-21/h6,11H,2-5,7-10H2,1H3. The molecule has 0 bridgehead atoms. The summed E-state index contributed by atoms with van der Waals surface area (Å²) in [6, 6.07) is 2.29. The maximum atomic E-state index is 12.2. The first-order chi connectivity index (χ1) is 11.7. The molecule has 0 aromatic carbocycles. The van der Waals surface area contributed by atoms with E-state index in [-0.39, 0.29) is 5.56 Å². The van der Waals surface area contributed by atoms with Gasteiger partial charge in [0.05, 0.1) is 12.2 Å². The third kappa shape index (κ3) is 2.93. The Morgan fingerprint density at radius 2 is 2.17 bits per heavy atom. The van der Waals surface area contributed by atoms with E-state index in [2.05, 4.69) is 15.2 Å². The number of anilines is 1. The molecule has 0 saturated carbocycles.